The average Bonchev–Trinajstić information content (AvgIpc) is 3.50. The molecular formula is C27H22ClN3O3S. The van der Waals surface area contributed by atoms with Gasteiger partial charge in [0.25, 0.3) is 5.91 Å². The maximum Gasteiger partial charge on any atom is 0.267 e. The predicted molar refractivity (Wildman–Crippen MR) is 134 cm³/mol. The van der Waals surface area contributed by atoms with Gasteiger partial charge in [0.1, 0.15) is 17.0 Å². The Labute approximate surface area is 212 Å². The van der Waals surface area contributed by atoms with Crippen LogP contribution in [-0.2, 0) is 27.3 Å². The van der Waals surface area contributed by atoms with Crippen molar-refractivity contribution < 1.29 is 14.4 Å². The lowest BCUT2D eigenvalue weighted by molar-refractivity contribution is -0.126. The Kier molecular flexibility index (Phi) is 5.41. The molecule has 1 aliphatic carbocycles. The highest BCUT2D eigenvalue weighted by Crippen LogP contribution is 2.50. The third kappa shape index (κ3) is 3.48. The maximum atomic E-state index is 13.9. The van der Waals surface area contributed by atoms with Gasteiger partial charge in [0.05, 0.1) is 17.3 Å². The number of fused-ring (bicyclic) bond motifs is 2. The topological polar surface area (TPSA) is 73.6 Å². The summed E-state index contributed by atoms with van der Waals surface area (Å²) in [5, 5.41) is 12.6. The van der Waals surface area contributed by atoms with E-state index in [0.717, 1.165) is 47.3 Å². The lowest BCUT2D eigenvalue weighted by Crippen LogP contribution is -2.37. The van der Waals surface area contributed by atoms with Crippen LogP contribution in [0.3, 0.4) is 0 Å². The van der Waals surface area contributed by atoms with Crippen LogP contribution < -0.4 is 9.96 Å². The molecule has 35 heavy (non-hydrogen) atoms. The van der Waals surface area contributed by atoms with Crippen LogP contribution in [0.2, 0.25) is 5.02 Å². The fraction of sp³-hybridized carbons (Fsp3) is 0.296. The number of aryl methyl sites for hydroxylation is 2. The quantitative estimate of drug-likeness (QED) is 0.440. The van der Waals surface area contributed by atoms with E-state index in [4.69, 9.17) is 16.4 Å². The SMILES string of the molecule is Cc1ccc([C@@H]2[C@@H]3C(=O)N(c4sc5c(c4C#N)CCCC5)C(=O)[C@H]3ON2c2ccc(Cl)cc2)cc1. The molecule has 176 valence electrons. The second-order valence-corrected chi connectivity index (χ2v) is 10.7. The molecule has 8 heteroatoms. The van der Waals surface area contributed by atoms with E-state index in [1.54, 1.807) is 17.2 Å². The minimum absolute atomic E-state index is 0.322. The van der Waals surface area contributed by atoms with Gasteiger partial charge in [-0.15, -0.1) is 11.3 Å². The van der Waals surface area contributed by atoms with E-state index in [9.17, 15) is 14.9 Å². The molecule has 2 saturated heterocycles. The van der Waals surface area contributed by atoms with Gasteiger partial charge in [0, 0.05) is 9.90 Å². The molecule has 0 radical (unpaired) electrons. The van der Waals surface area contributed by atoms with Gasteiger partial charge in [-0.3, -0.25) is 14.4 Å². The van der Waals surface area contributed by atoms with Crippen LogP contribution in [0.25, 0.3) is 0 Å². The summed E-state index contributed by atoms with van der Waals surface area (Å²) in [5.74, 6) is -1.47. The van der Waals surface area contributed by atoms with Crippen LogP contribution in [-0.4, -0.2) is 17.9 Å². The number of anilines is 2. The van der Waals surface area contributed by atoms with Crippen LogP contribution in [0.15, 0.2) is 48.5 Å². The molecule has 6 nitrogen and oxygen atoms in total. The van der Waals surface area contributed by atoms with Gasteiger partial charge in [-0.1, -0.05) is 41.4 Å². The van der Waals surface area contributed by atoms with Crippen molar-refractivity contribution >= 4 is 45.4 Å². The van der Waals surface area contributed by atoms with Gasteiger partial charge in [0.15, 0.2) is 6.10 Å². The molecule has 6 rings (SSSR count). The van der Waals surface area contributed by atoms with Gasteiger partial charge in [-0.25, -0.2) is 9.96 Å². The third-order valence-electron chi connectivity index (χ3n) is 7.08. The number of amides is 2. The number of benzene rings is 2. The molecule has 1 aromatic heterocycles. The Balaban J connectivity index is 1.44. The fourth-order valence-electron chi connectivity index (χ4n) is 5.35. The first-order chi connectivity index (χ1) is 17.0. The van der Waals surface area contributed by atoms with Crippen LogP contribution in [0.1, 0.15) is 46.0 Å². The summed E-state index contributed by atoms with van der Waals surface area (Å²) in [7, 11) is 0. The van der Waals surface area contributed by atoms with E-state index in [2.05, 4.69) is 6.07 Å². The molecule has 3 aliphatic rings. The second-order valence-electron chi connectivity index (χ2n) is 9.22. The molecule has 0 saturated carbocycles. The van der Waals surface area contributed by atoms with Gasteiger partial charge in [-0.05, 0) is 68.0 Å². The van der Waals surface area contributed by atoms with Crippen molar-refractivity contribution in [3.05, 3.63) is 80.7 Å². The first kappa shape index (κ1) is 22.3. The van der Waals surface area contributed by atoms with E-state index in [1.165, 1.54) is 16.2 Å². The first-order valence-corrected chi connectivity index (χ1v) is 12.9. The van der Waals surface area contributed by atoms with E-state index in [-0.39, 0.29) is 5.91 Å². The van der Waals surface area contributed by atoms with Crippen molar-refractivity contribution in [1.29, 1.82) is 5.26 Å². The lowest BCUT2D eigenvalue weighted by atomic mass is 9.90. The van der Waals surface area contributed by atoms with Crippen LogP contribution in [0, 0.1) is 24.2 Å². The predicted octanol–water partition coefficient (Wildman–Crippen LogP) is 5.51. The van der Waals surface area contributed by atoms with E-state index < -0.39 is 24.0 Å². The minimum atomic E-state index is -0.963. The molecule has 0 spiro atoms. The number of rotatable bonds is 3. The molecule has 3 aromatic rings. The number of hydrogen-bond acceptors (Lipinski definition) is 6. The molecule has 3 atom stereocenters. The standard InChI is InChI=1S/C27H22ClN3O3S/c1-15-6-8-16(9-7-15)23-22-24(34-31(23)18-12-10-17(28)11-13-18)26(33)30(25(22)32)27-20(14-29)19-4-2-3-5-21(19)35-27/h6-13,22-24H,2-5H2,1H3/t22-,23+,24-/m0/s1. The van der Waals surface area contributed by atoms with Crippen molar-refractivity contribution in [1.82, 2.24) is 0 Å². The molecule has 3 heterocycles. The molecule has 0 N–H and O–H groups in total. The molecule has 2 aliphatic heterocycles. The van der Waals surface area contributed by atoms with Gasteiger partial charge in [-0.2, -0.15) is 5.26 Å². The highest BCUT2D eigenvalue weighted by molar-refractivity contribution is 7.17. The van der Waals surface area contributed by atoms with Crippen molar-refractivity contribution in [2.45, 2.75) is 44.8 Å². The Morgan fingerprint density at radius 3 is 2.46 bits per heavy atom. The van der Waals surface area contributed by atoms with Crippen molar-refractivity contribution in [3.8, 4) is 6.07 Å². The average molecular weight is 504 g/mol. The van der Waals surface area contributed by atoms with Crippen LogP contribution in [0.4, 0.5) is 10.7 Å². The third-order valence-corrected chi connectivity index (χ3v) is 8.61. The Hall–Kier alpha value is -3.18. The lowest BCUT2D eigenvalue weighted by Gasteiger charge is -2.28. The number of nitriles is 1. The number of carbonyl (C=O) groups is 2. The number of thiophene rings is 1. The zero-order valence-electron chi connectivity index (χ0n) is 19.0. The summed E-state index contributed by atoms with van der Waals surface area (Å²) in [5.41, 5.74) is 4.15. The summed E-state index contributed by atoms with van der Waals surface area (Å²) >= 11 is 7.50. The molecule has 0 bridgehead atoms. The fourth-order valence-corrected chi connectivity index (χ4v) is 6.83. The molecule has 2 fully saturated rings. The Morgan fingerprint density at radius 2 is 1.74 bits per heavy atom. The second kappa shape index (κ2) is 8.49. The summed E-state index contributed by atoms with van der Waals surface area (Å²) in [6.07, 6.45) is 2.80. The minimum Gasteiger partial charge on any atom is -0.273 e. The molecular weight excluding hydrogens is 482 g/mol. The smallest absolute Gasteiger partial charge is 0.267 e. The highest BCUT2D eigenvalue weighted by Gasteiger charge is 2.61. The number of hydrogen-bond donors (Lipinski definition) is 0. The van der Waals surface area contributed by atoms with Crippen LogP contribution in [0.5, 0.6) is 0 Å². The zero-order chi connectivity index (χ0) is 24.3. The Morgan fingerprint density at radius 1 is 1.03 bits per heavy atom. The number of halogens is 1. The van der Waals surface area contributed by atoms with E-state index in [0.29, 0.717) is 21.3 Å². The normalized spacial score (nSPS) is 23.4. The molecule has 2 aromatic carbocycles. The van der Waals surface area contributed by atoms with E-state index in [1.807, 2.05) is 43.3 Å². The van der Waals surface area contributed by atoms with Crippen molar-refractivity contribution in [3.63, 3.8) is 0 Å². The summed E-state index contributed by atoms with van der Waals surface area (Å²) < 4.78 is 0. The van der Waals surface area contributed by atoms with Crippen LogP contribution >= 0.6 is 22.9 Å². The molecule has 2 amide bonds. The highest BCUT2D eigenvalue weighted by atomic mass is 35.5. The van der Waals surface area contributed by atoms with E-state index >= 15 is 0 Å². The Bertz CT molecular complexity index is 1380. The summed E-state index contributed by atoms with van der Waals surface area (Å²) in [6, 6.07) is 16.8. The number of carbonyl (C=O) groups excluding carboxylic acids is 2. The first-order valence-electron chi connectivity index (χ1n) is 11.7. The van der Waals surface area contributed by atoms with Gasteiger partial charge in [0.2, 0.25) is 5.91 Å². The largest absolute Gasteiger partial charge is 0.273 e. The monoisotopic (exact) mass is 503 g/mol. The van der Waals surface area contributed by atoms with Crippen molar-refractivity contribution in [2.75, 3.05) is 9.96 Å². The summed E-state index contributed by atoms with van der Waals surface area (Å²) in [6.45, 7) is 2.00. The maximum absolute atomic E-state index is 13.9. The number of hydroxylamine groups is 1. The molecule has 0 unspecified atom stereocenters. The number of nitrogens with zero attached hydrogens (tertiary/aromatic N) is 3. The van der Waals surface area contributed by atoms with Gasteiger partial charge < -0.3 is 0 Å². The number of imide groups is 1. The van der Waals surface area contributed by atoms with Crippen molar-refractivity contribution in [2.24, 2.45) is 5.92 Å². The van der Waals surface area contributed by atoms with Gasteiger partial charge >= 0.3 is 0 Å². The zero-order valence-corrected chi connectivity index (χ0v) is 20.6. The summed E-state index contributed by atoms with van der Waals surface area (Å²) in [4.78, 5) is 36.2.